The van der Waals surface area contributed by atoms with E-state index in [-0.39, 0.29) is 22.3 Å². The molecule has 7 rings (SSSR count). The second-order valence-electron chi connectivity index (χ2n) is 12.6. The summed E-state index contributed by atoms with van der Waals surface area (Å²) in [5.74, 6) is 0.543. The molecular formula is C36H37N5O7S. The summed E-state index contributed by atoms with van der Waals surface area (Å²) in [6.07, 6.45) is 5.32. The van der Waals surface area contributed by atoms with Crippen molar-refractivity contribution in [2.45, 2.75) is 54.8 Å². The molecule has 3 aromatic carbocycles. The summed E-state index contributed by atoms with van der Waals surface area (Å²) in [6, 6.07) is 17.9. The highest BCUT2D eigenvalue weighted by Gasteiger charge is 2.63. The van der Waals surface area contributed by atoms with Gasteiger partial charge in [-0.15, -0.1) is 0 Å². The zero-order valence-electron chi connectivity index (χ0n) is 27.3. The molecule has 4 aromatic rings. The minimum Gasteiger partial charge on any atom is -0.497 e. The van der Waals surface area contributed by atoms with Crippen molar-refractivity contribution in [1.29, 1.82) is 5.26 Å². The third-order valence-electron chi connectivity index (χ3n) is 9.86. The van der Waals surface area contributed by atoms with Gasteiger partial charge in [0, 0.05) is 37.3 Å². The van der Waals surface area contributed by atoms with Crippen molar-refractivity contribution in [3.8, 4) is 17.6 Å². The Kier molecular flexibility index (Phi) is 8.66. The number of fused-ring (bicyclic) bond motifs is 1. The number of hydrogen-bond acceptors (Lipinski definition) is 11. The molecule has 1 amide bonds. The average molecular weight is 684 g/mol. The van der Waals surface area contributed by atoms with Gasteiger partial charge in [-0.05, 0) is 85.8 Å². The highest BCUT2D eigenvalue weighted by molar-refractivity contribution is 7.93. The maximum absolute atomic E-state index is 15.6. The number of amides is 1. The molecule has 4 heterocycles. The van der Waals surface area contributed by atoms with Crippen molar-refractivity contribution in [3.05, 3.63) is 101 Å². The molecule has 2 fully saturated rings. The maximum Gasteiger partial charge on any atom is 0.271 e. The summed E-state index contributed by atoms with van der Waals surface area (Å²) >= 11 is 0. The number of nitriles is 1. The van der Waals surface area contributed by atoms with Gasteiger partial charge in [0.25, 0.3) is 15.9 Å². The number of hydrogen-bond donors (Lipinski definition) is 1. The number of nitrogens with zero attached hydrogens (tertiary/aromatic N) is 5. The van der Waals surface area contributed by atoms with Crippen molar-refractivity contribution in [1.82, 2.24) is 14.8 Å². The van der Waals surface area contributed by atoms with E-state index >= 15 is 4.79 Å². The summed E-state index contributed by atoms with van der Waals surface area (Å²) in [5, 5.41) is 20.2. The third-order valence-corrected chi connectivity index (χ3v) is 11.6. The molecule has 1 aromatic heterocycles. The van der Waals surface area contributed by atoms with Crippen LogP contribution >= 0.6 is 0 Å². The minimum atomic E-state index is -4.48. The normalized spacial score (nSPS) is 21.9. The first-order valence-electron chi connectivity index (χ1n) is 16.2. The van der Waals surface area contributed by atoms with Gasteiger partial charge in [-0.25, -0.2) is 17.7 Å². The van der Waals surface area contributed by atoms with Crippen LogP contribution < -0.4 is 13.8 Å². The lowest BCUT2D eigenvalue weighted by molar-refractivity contribution is -0.127. The number of anilines is 1. The number of oxazole rings is 1. The maximum atomic E-state index is 15.6. The molecule has 49 heavy (non-hydrogen) atoms. The molecule has 0 bridgehead atoms. The molecule has 3 aliphatic rings. The molecule has 254 valence electrons. The molecule has 13 heteroatoms. The van der Waals surface area contributed by atoms with Gasteiger partial charge in [0.2, 0.25) is 5.89 Å². The third kappa shape index (κ3) is 5.45. The number of methoxy groups -OCH3 is 2. The Bertz CT molecular complexity index is 2000. The summed E-state index contributed by atoms with van der Waals surface area (Å²) in [4.78, 5) is 24.2. The zero-order valence-corrected chi connectivity index (χ0v) is 28.1. The largest absolute Gasteiger partial charge is 0.497 e. The minimum absolute atomic E-state index is 0.0913. The van der Waals surface area contributed by atoms with Gasteiger partial charge in [-0.3, -0.25) is 14.6 Å². The fraction of sp³-hybridized carbons (Fsp3) is 0.361. The molecular weight excluding hydrogens is 646 g/mol. The second kappa shape index (κ2) is 12.9. The van der Waals surface area contributed by atoms with E-state index in [1.165, 1.54) is 56.9 Å². The number of ether oxygens (including phenoxy) is 2. The standard InChI is InChI=1S/C36H37N5O7S/c1-46-27-7-9-28(10-8-27)49(44,45)41-31-11-5-24(22-37)20-29(31)36(35(41)43,40-16-3-4-32(40)34-38-15-19-48-34)30-21-25(6-12-33(30)47-2)23-39-17-13-26(42)14-18-39/h5-12,15,19-21,26,32,42H,3-4,13-14,16-18,23H2,1-2H3/t32-,36?/m0/s1. The van der Waals surface area contributed by atoms with Crippen molar-refractivity contribution in [3.63, 3.8) is 0 Å². The Morgan fingerprint density at radius 3 is 2.45 bits per heavy atom. The molecule has 1 N–H and O–H groups in total. The fourth-order valence-corrected chi connectivity index (χ4v) is 8.98. The number of sulfonamides is 1. The number of piperidine rings is 1. The van der Waals surface area contributed by atoms with Crippen LogP contribution in [0, 0.1) is 11.3 Å². The van der Waals surface area contributed by atoms with Crippen molar-refractivity contribution in [2.75, 3.05) is 38.2 Å². The number of aliphatic hydroxyl groups excluding tert-OH is 1. The number of rotatable bonds is 9. The van der Waals surface area contributed by atoms with Crippen LogP contribution in [0.2, 0.25) is 0 Å². The van der Waals surface area contributed by atoms with Gasteiger partial charge < -0.3 is 19.0 Å². The SMILES string of the molecule is COc1ccc(S(=O)(=O)N2C(=O)C(c3cc(CN4CCC(O)CC4)ccc3OC)(N3CCC[C@H]3c3ncco3)c3cc(C#N)ccc32)cc1. The Morgan fingerprint density at radius 2 is 1.78 bits per heavy atom. The van der Waals surface area contributed by atoms with Crippen molar-refractivity contribution in [2.24, 2.45) is 0 Å². The van der Waals surface area contributed by atoms with Crippen molar-refractivity contribution >= 4 is 21.6 Å². The summed E-state index contributed by atoms with van der Waals surface area (Å²) in [6.45, 7) is 2.39. The van der Waals surface area contributed by atoms with Crippen LogP contribution in [0.5, 0.6) is 11.5 Å². The quantitative estimate of drug-likeness (QED) is 0.269. The number of likely N-dealkylation sites (tertiary alicyclic amines) is 2. The molecule has 12 nitrogen and oxygen atoms in total. The van der Waals surface area contributed by atoms with Gasteiger partial charge >= 0.3 is 0 Å². The van der Waals surface area contributed by atoms with E-state index in [1.807, 2.05) is 23.1 Å². The summed E-state index contributed by atoms with van der Waals surface area (Å²) < 4.78 is 47.1. The predicted molar refractivity (Wildman–Crippen MR) is 178 cm³/mol. The highest BCUT2D eigenvalue weighted by Crippen LogP contribution is 2.56. The molecule has 0 spiro atoms. The van der Waals surface area contributed by atoms with Gasteiger partial charge in [-0.1, -0.05) is 6.07 Å². The lowest BCUT2D eigenvalue weighted by atomic mass is 9.79. The number of carbonyl (C=O) groups is 1. The fourth-order valence-electron chi connectivity index (χ4n) is 7.52. The van der Waals surface area contributed by atoms with E-state index < -0.39 is 27.5 Å². The number of benzene rings is 3. The first-order chi connectivity index (χ1) is 23.7. The van der Waals surface area contributed by atoms with E-state index in [0.29, 0.717) is 80.4 Å². The van der Waals surface area contributed by atoms with Gasteiger partial charge in [0.1, 0.15) is 17.8 Å². The first-order valence-corrected chi connectivity index (χ1v) is 17.7. The van der Waals surface area contributed by atoms with Crippen LogP contribution in [0.15, 0.2) is 82.4 Å². The van der Waals surface area contributed by atoms with Crippen LogP contribution in [0.3, 0.4) is 0 Å². The Labute approximate surface area is 285 Å². The number of aliphatic hydroxyl groups is 1. The van der Waals surface area contributed by atoms with E-state index in [4.69, 9.17) is 13.9 Å². The molecule has 1 unspecified atom stereocenters. The van der Waals surface area contributed by atoms with Crippen LogP contribution in [0.25, 0.3) is 0 Å². The van der Waals surface area contributed by atoms with Crippen LogP contribution in [0.1, 0.15) is 59.9 Å². The average Bonchev–Trinajstić information content (AvgIpc) is 3.88. The van der Waals surface area contributed by atoms with Crippen LogP contribution in [0.4, 0.5) is 5.69 Å². The van der Waals surface area contributed by atoms with Gasteiger partial charge in [0.15, 0.2) is 5.54 Å². The molecule has 0 saturated carbocycles. The summed E-state index contributed by atoms with van der Waals surface area (Å²) in [7, 11) is -1.47. The molecule has 0 aliphatic carbocycles. The van der Waals surface area contributed by atoms with E-state index in [0.717, 1.165) is 9.87 Å². The Balaban J connectivity index is 1.48. The first kappa shape index (κ1) is 32.8. The van der Waals surface area contributed by atoms with Crippen LogP contribution in [-0.2, 0) is 26.9 Å². The Morgan fingerprint density at radius 1 is 1.00 bits per heavy atom. The van der Waals surface area contributed by atoms with E-state index in [1.54, 1.807) is 12.3 Å². The lowest BCUT2D eigenvalue weighted by Crippen LogP contribution is -2.54. The molecule has 3 aliphatic heterocycles. The van der Waals surface area contributed by atoms with E-state index in [9.17, 15) is 18.8 Å². The molecule has 2 atom stereocenters. The van der Waals surface area contributed by atoms with Crippen LogP contribution in [-0.4, -0.2) is 74.2 Å². The topological polar surface area (TPSA) is 149 Å². The van der Waals surface area contributed by atoms with Gasteiger partial charge in [0.05, 0.1) is 54.8 Å². The van der Waals surface area contributed by atoms with Crippen molar-refractivity contribution < 1.29 is 32.2 Å². The van der Waals surface area contributed by atoms with Gasteiger partial charge in [-0.2, -0.15) is 5.26 Å². The smallest absolute Gasteiger partial charge is 0.271 e. The second-order valence-corrected chi connectivity index (χ2v) is 14.4. The van der Waals surface area contributed by atoms with E-state index in [2.05, 4.69) is 16.0 Å². The summed E-state index contributed by atoms with van der Waals surface area (Å²) in [5.41, 5.74) is 0.363. The number of aromatic nitrogens is 1. The highest BCUT2D eigenvalue weighted by atomic mass is 32.2. The number of carbonyl (C=O) groups excluding carboxylic acids is 1. The molecule has 0 radical (unpaired) electrons. The lowest BCUT2D eigenvalue weighted by Gasteiger charge is -2.41. The molecule has 2 saturated heterocycles. The zero-order chi connectivity index (χ0) is 34.3. The predicted octanol–water partition coefficient (Wildman–Crippen LogP) is 4.34. The monoisotopic (exact) mass is 683 g/mol. The Hall–Kier alpha value is -4.74.